The van der Waals surface area contributed by atoms with E-state index in [-0.39, 0.29) is 58.9 Å². The Hall–Kier alpha value is -3.81. The molecule has 1 saturated heterocycles. The van der Waals surface area contributed by atoms with Crippen molar-refractivity contribution in [1.82, 2.24) is 24.3 Å². The summed E-state index contributed by atoms with van der Waals surface area (Å²) in [4.78, 5) is 59.7. The fourth-order valence-corrected chi connectivity index (χ4v) is 5.67. The number of hydrogen-bond donors (Lipinski definition) is 4. The molecule has 1 amide bonds. The Labute approximate surface area is 237 Å². The molecule has 17 nitrogen and oxygen atoms in total. The maximum atomic E-state index is 13.3. The second-order valence-corrected chi connectivity index (χ2v) is 11.8. The van der Waals surface area contributed by atoms with Gasteiger partial charge in [0.25, 0.3) is 0 Å². The Balaban J connectivity index is 1.50. The molecule has 0 aromatic carbocycles. The van der Waals surface area contributed by atoms with Crippen LogP contribution in [-0.2, 0) is 47.3 Å². The topological polar surface area (TPSA) is 263 Å². The van der Waals surface area contributed by atoms with Gasteiger partial charge in [-0.05, 0) is 19.4 Å². The number of carboxylic acids is 1. The van der Waals surface area contributed by atoms with Crippen LogP contribution in [0.3, 0.4) is 0 Å². The summed E-state index contributed by atoms with van der Waals surface area (Å²) in [7, 11) is -4.98. The first-order chi connectivity index (χ1) is 19.3. The molecule has 1 aliphatic heterocycles. The third-order valence-corrected chi connectivity index (χ3v) is 8.26. The first kappa shape index (κ1) is 30.2. The highest BCUT2D eigenvalue weighted by molar-refractivity contribution is 7.84. The van der Waals surface area contributed by atoms with Crippen molar-refractivity contribution in [3.8, 4) is 0 Å². The Morgan fingerprint density at radius 3 is 2.59 bits per heavy atom. The number of nitrogens with zero attached hydrogens (tertiary/aromatic N) is 6. The van der Waals surface area contributed by atoms with Gasteiger partial charge in [-0.1, -0.05) is 5.16 Å². The van der Waals surface area contributed by atoms with E-state index in [9.17, 15) is 37.3 Å². The largest absolute Gasteiger partial charge is 0.478 e. The second-order valence-electron chi connectivity index (χ2n) is 9.64. The minimum atomic E-state index is -4.98. The number of aliphatic carboxylic acids is 1. The zero-order valence-electron chi connectivity index (χ0n) is 21.6. The lowest BCUT2D eigenvalue weighted by molar-refractivity contribution is -0.153. The molecule has 0 bridgehead atoms. The number of ketones is 2. The molecular weight excluding hydrogens is 584 g/mol. The van der Waals surface area contributed by atoms with Crippen LogP contribution in [0.5, 0.6) is 0 Å². The predicted octanol–water partition coefficient (Wildman–Crippen LogP) is -0.815. The molecule has 222 valence electrons. The molecule has 0 radical (unpaired) electrons. The van der Waals surface area contributed by atoms with Gasteiger partial charge in [0.2, 0.25) is 11.5 Å². The summed E-state index contributed by atoms with van der Waals surface area (Å²) >= 11 is 0.990. The number of nitrogen functional groups attached to an aromatic ring is 1. The van der Waals surface area contributed by atoms with Gasteiger partial charge in [0.1, 0.15) is 11.5 Å². The van der Waals surface area contributed by atoms with Crippen molar-refractivity contribution < 1.29 is 42.1 Å². The highest BCUT2D eigenvalue weighted by atomic mass is 32.2. The number of Topliss-reactive ketones (excluding diaryl/α,β-unsaturated/α-hetero) is 2. The van der Waals surface area contributed by atoms with E-state index < -0.39 is 51.9 Å². The molecule has 41 heavy (non-hydrogen) atoms. The second kappa shape index (κ2) is 12.0. The number of thiazole rings is 1. The van der Waals surface area contributed by atoms with E-state index in [4.69, 9.17) is 16.3 Å². The molecule has 2 aromatic heterocycles. The van der Waals surface area contributed by atoms with Gasteiger partial charge in [0.05, 0.1) is 30.4 Å². The molecule has 2 fully saturated rings. The molecule has 19 heteroatoms. The van der Waals surface area contributed by atoms with Crippen molar-refractivity contribution >= 4 is 55.9 Å². The van der Waals surface area contributed by atoms with Crippen molar-refractivity contribution in [1.29, 1.82) is 0 Å². The molecule has 0 unspecified atom stereocenters. The maximum absolute atomic E-state index is 13.3. The van der Waals surface area contributed by atoms with Crippen LogP contribution in [0.4, 0.5) is 5.13 Å². The van der Waals surface area contributed by atoms with E-state index >= 15 is 0 Å². The zero-order valence-corrected chi connectivity index (χ0v) is 23.2. The molecule has 2 aliphatic rings. The first-order valence-electron chi connectivity index (χ1n) is 12.5. The fourth-order valence-electron chi connectivity index (χ4n) is 4.20. The van der Waals surface area contributed by atoms with E-state index in [0.717, 1.165) is 16.1 Å². The lowest BCUT2D eigenvalue weighted by Gasteiger charge is -2.43. The number of hydrogen-bond acceptors (Lipinski definition) is 14. The SMILES string of the molecule is NCCCC(=O)CCc1cnn(C[C@@H]2[C@H](CC(=O)/C(=N\OC3(C(=O)O)CC3)c3csc(N)n3)C(=O)N2S(=O)(=O)O)n1. The number of carbonyl (C=O) groups is 4. The monoisotopic (exact) mass is 612 g/mol. The Kier molecular flexibility index (Phi) is 8.80. The van der Waals surface area contributed by atoms with Crippen LogP contribution in [0.25, 0.3) is 0 Å². The third-order valence-electron chi connectivity index (χ3n) is 6.64. The van der Waals surface area contributed by atoms with Crippen molar-refractivity contribution in [3.63, 3.8) is 0 Å². The number of β-lactam (4-membered cyclic amide) rings is 1. The molecule has 2 atom stereocenters. The van der Waals surface area contributed by atoms with E-state index in [1.165, 1.54) is 11.6 Å². The van der Waals surface area contributed by atoms with Crippen molar-refractivity contribution in [2.24, 2.45) is 16.8 Å². The summed E-state index contributed by atoms with van der Waals surface area (Å²) < 4.78 is 33.7. The van der Waals surface area contributed by atoms with E-state index in [2.05, 4.69) is 20.3 Å². The van der Waals surface area contributed by atoms with Gasteiger partial charge in [-0.15, -0.1) is 11.3 Å². The van der Waals surface area contributed by atoms with Crippen molar-refractivity contribution in [2.45, 2.75) is 63.1 Å². The number of aryl methyl sites for hydroxylation is 1. The molecule has 0 spiro atoms. The van der Waals surface area contributed by atoms with Gasteiger partial charge in [0, 0.05) is 37.5 Å². The normalized spacial score (nSPS) is 20.0. The minimum absolute atomic E-state index is 0.00462. The molecule has 6 N–H and O–H groups in total. The number of oxime groups is 1. The van der Waals surface area contributed by atoms with E-state index in [0.29, 0.717) is 25.1 Å². The lowest BCUT2D eigenvalue weighted by Crippen LogP contribution is -2.64. The average Bonchev–Trinajstić information content (AvgIpc) is 3.37. The highest BCUT2D eigenvalue weighted by Crippen LogP contribution is 2.40. The smallest absolute Gasteiger partial charge is 0.362 e. The van der Waals surface area contributed by atoms with E-state index in [1.54, 1.807) is 0 Å². The van der Waals surface area contributed by atoms with Gasteiger partial charge in [-0.25, -0.2) is 14.1 Å². The quantitative estimate of drug-likeness (QED) is 0.0781. The van der Waals surface area contributed by atoms with Gasteiger partial charge >= 0.3 is 16.3 Å². The highest BCUT2D eigenvalue weighted by Gasteiger charge is 2.56. The van der Waals surface area contributed by atoms with Crippen LogP contribution in [0.15, 0.2) is 16.7 Å². The van der Waals surface area contributed by atoms with Gasteiger partial charge in [-0.3, -0.25) is 18.9 Å². The summed E-state index contributed by atoms with van der Waals surface area (Å²) in [6, 6.07) is -1.23. The van der Waals surface area contributed by atoms with Crippen LogP contribution >= 0.6 is 11.3 Å². The lowest BCUT2D eigenvalue weighted by atomic mass is 9.84. The zero-order chi connectivity index (χ0) is 29.9. The standard InChI is InChI=1S/C22H28N8O9S2/c23-7-1-2-13(31)4-3-12-9-25-29(27-12)10-16-14(19(33)30(16)41(36,37)38)8-17(32)18(15-11-40-21(24)26-15)28-39-22(5-6-22)20(34)35/h9,11,14,16H,1-8,10,23H2,(H2,24,26)(H,34,35)(H,36,37,38)/b28-18-/t14-,16+/m0/s1. The number of rotatable bonds is 16. The van der Waals surface area contributed by atoms with Crippen molar-refractivity contribution in [2.75, 3.05) is 12.3 Å². The molecule has 1 saturated carbocycles. The number of carboxylic acid groups (broad SMARTS) is 1. The predicted molar refractivity (Wildman–Crippen MR) is 141 cm³/mol. The number of nitrogens with two attached hydrogens (primary N) is 2. The summed E-state index contributed by atoms with van der Waals surface area (Å²) in [5, 5.41) is 22.9. The molecule has 2 aromatic rings. The Morgan fingerprint density at radius 2 is 2.00 bits per heavy atom. The molecular formula is C22H28N8O9S2. The Morgan fingerprint density at radius 1 is 1.27 bits per heavy atom. The van der Waals surface area contributed by atoms with Crippen LogP contribution in [0, 0.1) is 5.92 Å². The van der Waals surface area contributed by atoms with Crippen LogP contribution in [0.1, 0.15) is 49.9 Å². The number of carbonyl (C=O) groups excluding carboxylic acids is 3. The summed E-state index contributed by atoms with van der Waals surface area (Å²) in [6.07, 6.45) is 2.59. The van der Waals surface area contributed by atoms with Crippen molar-refractivity contribution in [3.05, 3.63) is 23.0 Å². The number of amides is 1. The van der Waals surface area contributed by atoms with E-state index in [1.807, 2.05) is 0 Å². The Bertz CT molecular complexity index is 1480. The van der Waals surface area contributed by atoms with Gasteiger partial charge in [-0.2, -0.15) is 23.4 Å². The maximum Gasteiger partial charge on any atom is 0.362 e. The number of aromatic nitrogens is 4. The third kappa shape index (κ3) is 6.92. The minimum Gasteiger partial charge on any atom is -0.478 e. The fraction of sp³-hybridized carbons (Fsp3) is 0.545. The summed E-state index contributed by atoms with van der Waals surface area (Å²) in [5.74, 6) is -4.31. The summed E-state index contributed by atoms with van der Waals surface area (Å²) in [5.41, 5.74) is 9.56. The number of anilines is 1. The molecule has 3 heterocycles. The van der Waals surface area contributed by atoms with Crippen LogP contribution in [0.2, 0.25) is 0 Å². The molecule has 1 aliphatic carbocycles. The van der Waals surface area contributed by atoms with Gasteiger partial charge < -0.3 is 21.4 Å². The molecule has 4 rings (SSSR count). The first-order valence-corrected chi connectivity index (χ1v) is 14.8. The summed E-state index contributed by atoms with van der Waals surface area (Å²) in [6.45, 7) is 0.108. The van der Waals surface area contributed by atoms with Gasteiger partial charge in [0.15, 0.2) is 16.6 Å². The van der Waals surface area contributed by atoms with Crippen LogP contribution in [-0.4, -0.2) is 89.7 Å². The van der Waals surface area contributed by atoms with Crippen LogP contribution < -0.4 is 11.5 Å². The average molecular weight is 613 g/mol.